The summed E-state index contributed by atoms with van der Waals surface area (Å²) in [7, 11) is 0. The van der Waals surface area contributed by atoms with E-state index in [-0.39, 0.29) is 0 Å². The highest BCUT2D eigenvalue weighted by molar-refractivity contribution is 5.71. The van der Waals surface area contributed by atoms with Gasteiger partial charge in [0, 0.05) is 25.2 Å². The van der Waals surface area contributed by atoms with E-state index in [1.165, 1.54) is 18.7 Å². The number of aromatic nitrogens is 3. The summed E-state index contributed by atoms with van der Waals surface area (Å²) in [6.07, 6.45) is 6.56. The van der Waals surface area contributed by atoms with Gasteiger partial charge in [0.25, 0.3) is 0 Å². The number of nitrogens with zero attached hydrogens (tertiary/aromatic N) is 3. The van der Waals surface area contributed by atoms with E-state index in [0.29, 0.717) is 6.04 Å². The first-order valence-electron chi connectivity index (χ1n) is 6.92. The van der Waals surface area contributed by atoms with Gasteiger partial charge < -0.3 is 9.88 Å². The Hall–Kier alpha value is -1.42. The molecule has 0 saturated carbocycles. The van der Waals surface area contributed by atoms with Crippen molar-refractivity contribution in [3.63, 3.8) is 0 Å². The van der Waals surface area contributed by atoms with Crippen LogP contribution in [0.3, 0.4) is 0 Å². The molecule has 0 bridgehead atoms. The maximum absolute atomic E-state index is 4.72. The number of pyridine rings is 1. The monoisotopic (exact) mass is 244 g/mol. The summed E-state index contributed by atoms with van der Waals surface area (Å²) in [6.45, 7) is 4.35. The van der Waals surface area contributed by atoms with Crippen molar-refractivity contribution in [2.75, 3.05) is 6.54 Å². The fourth-order valence-electron chi connectivity index (χ4n) is 2.74. The van der Waals surface area contributed by atoms with Gasteiger partial charge in [0.2, 0.25) is 0 Å². The number of fused-ring (bicyclic) bond motifs is 1. The lowest BCUT2D eigenvalue weighted by Crippen LogP contribution is -2.27. The molecule has 2 aromatic rings. The molecule has 0 radical (unpaired) electrons. The van der Waals surface area contributed by atoms with E-state index in [4.69, 9.17) is 4.98 Å². The summed E-state index contributed by atoms with van der Waals surface area (Å²) in [4.78, 5) is 9.22. The zero-order valence-corrected chi connectivity index (χ0v) is 10.9. The lowest BCUT2D eigenvalue weighted by atomic mass is 10.2. The largest absolute Gasteiger partial charge is 0.312 e. The molecular weight excluding hydrogens is 224 g/mol. The topological polar surface area (TPSA) is 42.7 Å². The fourth-order valence-corrected chi connectivity index (χ4v) is 2.74. The van der Waals surface area contributed by atoms with Gasteiger partial charge in [0.15, 0.2) is 5.65 Å². The molecule has 1 atom stereocenters. The molecule has 0 amide bonds. The Kier molecular flexibility index (Phi) is 3.28. The Morgan fingerprint density at radius 1 is 1.50 bits per heavy atom. The third kappa shape index (κ3) is 2.12. The minimum atomic E-state index is 0.583. The Morgan fingerprint density at radius 2 is 2.44 bits per heavy atom. The van der Waals surface area contributed by atoms with E-state index in [1.807, 2.05) is 12.3 Å². The lowest BCUT2D eigenvalue weighted by molar-refractivity contribution is 0.501. The predicted octanol–water partition coefficient (Wildman–Crippen LogP) is 2.14. The van der Waals surface area contributed by atoms with E-state index in [2.05, 4.69) is 27.9 Å². The average molecular weight is 244 g/mol. The van der Waals surface area contributed by atoms with Gasteiger partial charge in [-0.1, -0.05) is 6.92 Å². The molecule has 0 spiro atoms. The first-order chi connectivity index (χ1) is 8.88. The summed E-state index contributed by atoms with van der Waals surface area (Å²) < 4.78 is 2.31. The van der Waals surface area contributed by atoms with Gasteiger partial charge in [-0.2, -0.15) is 0 Å². The number of hydrogen-bond donors (Lipinski definition) is 1. The van der Waals surface area contributed by atoms with Crippen molar-refractivity contribution >= 4 is 11.2 Å². The highest BCUT2D eigenvalue weighted by Gasteiger charge is 2.18. The van der Waals surface area contributed by atoms with Crippen LogP contribution < -0.4 is 5.32 Å². The smallest absolute Gasteiger partial charge is 0.160 e. The summed E-state index contributed by atoms with van der Waals surface area (Å²) in [5.41, 5.74) is 2.06. The zero-order valence-electron chi connectivity index (χ0n) is 10.9. The normalized spacial score (nSPS) is 19.7. The number of rotatable bonds is 4. The van der Waals surface area contributed by atoms with Gasteiger partial charge >= 0.3 is 0 Å². The summed E-state index contributed by atoms with van der Waals surface area (Å²) in [6, 6.07) is 4.60. The minimum Gasteiger partial charge on any atom is -0.312 e. The van der Waals surface area contributed by atoms with Crippen LogP contribution >= 0.6 is 0 Å². The number of hydrogen-bond acceptors (Lipinski definition) is 3. The zero-order chi connectivity index (χ0) is 12.4. The first-order valence-corrected chi connectivity index (χ1v) is 6.92. The second-order valence-corrected chi connectivity index (χ2v) is 5.03. The van der Waals surface area contributed by atoms with Crippen molar-refractivity contribution in [3.05, 3.63) is 24.2 Å². The molecule has 1 N–H and O–H groups in total. The molecule has 1 aliphatic heterocycles. The fraction of sp³-hybridized carbons (Fsp3) is 0.571. The lowest BCUT2D eigenvalue weighted by Gasteiger charge is -2.13. The van der Waals surface area contributed by atoms with Gasteiger partial charge in [-0.15, -0.1) is 0 Å². The van der Waals surface area contributed by atoms with E-state index < -0.39 is 0 Å². The van der Waals surface area contributed by atoms with Gasteiger partial charge in [0.05, 0.1) is 0 Å². The molecule has 18 heavy (non-hydrogen) atoms. The highest BCUT2D eigenvalue weighted by Crippen LogP contribution is 2.17. The maximum atomic E-state index is 4.72. The van der Waals surface area contributed by atoms with Gasteiger partial charge in [0.1, 0.15) is 11.3 Å². The number of imidazole rings is 1. The standard InChI is InChI=1S/C14H20N4/c1-2-5-13-17-12-7-4-9-16-14(12)18(13)10-11-6-3-8-15-11/h4,7,9,11,15H,2-3,5-6,8,10H2,1H3. The van der Waals surface area contributed by atoms with E-state index >= 15 is 0 Å². The average Bonchev–Trinajstić information content (AvgIpc) is 3.00. The molecule has 1 saturated heterocycles. The second kappa shape index (κ2) is 5.06. The Balaban J connectivity index is 1.97. The molecule has 3 rings (SSSR count). The van der Waals surface area contributed by atoms with E-state index in [1.54, 1.807) is 0 Å². The van der Waals surface area contributed by atoms with Crippen LogP contribution in [-0.2, 0) is 13.0 Å². The van der Waals surface area contributed by atoms with E-state index in [9.17, 15) is 0 Å². The molecule has 0 aliphatic carbocycles. The molecule has 0 aromatic carbocycles. The first kappa shape index (κ1) is 11.7. The van der Waals surface area contributed by atoms with Gasteiger partial charge in [-0.05, 0) is 37.9 Å². The van der Waals surface area contributed by atoms with Crippen LogP contribution in [0.1, 0.15) is 32.0 Å². The van der Waals surface area contributed by atoms with Crippen molar-refractivity contribution in [1.82, 2.24) is 19.9 Å². The number of aryl methyl sites for hydroxylation is 1. The van der Waals surface area contributed by atoms with Crippen molar-refractivity contribution in [3.8, 4) is 0 Å². The molecular formula is C14H20N4. The molecule has 1 unspecified atom stereocenters. The second-order valence-electron chi connectivity index (χ2n) is 5.03. The quantitative estimate of drug-likeness (QED) is 0.896. The van der Waals surface area contributed by atoms with E-state index in [0.717, 1.165) is 37.1 Å². The van der Waals surface area contributed by atoms with Crippen LogP contribution in [0.5, 0.6) is 0 Å². The predicted molar refractivity (Wildman–Crippen MR) is 72.5 cm³/mol. The Morgan fingerprint density at radius 3 is 3.22 bits per heavy atom. The molecule has 4 nitrogen and oxygen atoms in total. The van der Waals surface area contributed by atoms with Crippen molar-refractivity contribution in [2.45, 2.75) is 45.2 Å². The van der Waals surface area contributed by atoms with Crippen LogP contribution in [0.2, 0.25) is 0 Å². The highest BCUT2D eigenvalue weighted by atomic mass is 15.1. The maximum Gasteiger partial charge on any atom is 0.160 e. The molecule has 1 fully saturated rings. The van der Waals surface area contributed by atoms with Crippen LogP contribution in [0, 0.1) is 0 Å². The summed E-state index contributed by atoms with van der Waals surface area (Å²) in [5.74, 6) is 1.18. The molecule has 3 heterocycles. The van der Waals surface area contributed by atoms with Gasteiger partial charge in [-0.25, -0.2) is 9.97 Å². The minimum absolute atomic E-state index is 0.583. The summed E-state index contributed by atoms with van der Waals surface area (Å²) in [5, 5.41) is 3.55. The molecule has 96 valence electrons. The van der Waals surface area contributed by atoms with Crippen molar-refractivity contribution in [2.24, 2.45) is 0 Å². The third-order valence-electron chi connectivity index (χ3n) is 3.62. The van der Waals surface area contributed by atoms with Crippen LogP contribution in [0.4, 0.5) is 0 Å². The van der Waals surface area contributed by atoms with Crippen molar-refractivity contribution in [1.29, 1.82) is 0 Å². The van der Waals surface area contributed by atoms with Crippen LogP contribution in [0.25, 0.3) is 11.2 Å². The number of nitrogens with one attached hydrogen (secondary N) is 1. The van der Waals surface area contributed by atoms with Crippen LogP contribution in [0.15, 0.2) is 18.3 Å². The molecule has 2 aromatic heterocycles. The third-order valence-corrected chi connectivity index (χ3v) is 3.62. The molecule has 4 heteroatoms. The van der Waals surface area contributed by atoms with Crippen molar-refractivity contribution < 1.29 is 0 Å². The summed E-state index contributed by atoms with van der Waals surface area (Å²) >= 11 is 0. The van der Waals surface area contributed by atoms with Crippen LogP contribution in [-0.4, -0.2) is 27.1 Å². The molecule has 1 aliphatic rings. The Labute approximate surface area is 107 Å². The van der Waals surface area contributed by atoms with Gasteiger partial charge in [-0.3, -0.25) is 0 Å². The SMILES string of the molecule is CCCc1nc2cccnc2n1CC1CCCN1. The Bertz CT molecular complexity index is 526.